The molecule has 0 fully saturated rings. The van der Waals surface area contributed by atoms with E-state index in [1.165, 1.54) is 0 Å². The summed E-state index contributed by atoms with van der Waals surface area (Å²) in [6.07, 6.45) is 0.987. The number of hydrogen-bond donors (Lipinski definition) is 1. The summed E-state index contributed by atoms with van der Waals surface area (Å²) in [5, 5.41) is 3.31. The second-order valence-electron chi connectivity index (χ2n) is 5.61. The molecule has 0 aliphatic carbocycles. The normalized spacial score (nSPS) is 10.7. The lowest BCUT2D eigenvalue weighted by Crippen LogP contribution is -2.12. The van der Waals surface area contributed by atoms with E-state index in [2.05, 4.69) is 35.1 Å². The van der Waals surface area contributed by atoms with Crippen LogP contribution in [-0.2, 0) is 0 Å². The van der Waals surface area contributed by atoms with Crippen LogP contribution in [-0.4, -0.2) is 12.5 Å². The molecule has 3 nitrogen and oxygen atoms in total. The summed E-state index contributed by atoms with van der Waals surface area (Å²) in [5.74, 6) is 1.11. The molecule has 0 heterocycles. The number of hydrogen-bond acceptors (Lipinski definition) is 2. The molecule has 0 spiro atoms. The van der Waals surface area contributed by atoms with Crippen LogP contribution in [0.4, 0.5) is 5.69 Å². The van der Waals surface area contributed by atoms with Crippen molar-refractivity contribution in [3.05, 3.63) is 57.5 Å². The van der Waals surface area contributed by atoms with Gasteiger partial charge in [-0.05, 0) is 58.6 Å². The second-order valence-corrected chi connectivity index (χ2v) is 6.87. The van der Waals surface area contributed by atoms with Crippen LogP contribution in [0.2, 0.25) is 5.02 Å². The number of ether oxygens (including phenoxy) is 1. The molecule has 0 bridgehead atoms. The van der Waals surface area contributed by atoms with Gasteiger partial charge in [-0.3, -0.25) is 4.79 Å². The summed E-state index contributed by atoms with van der Waals surface area (Å²) in [7, 11) is 0. The van der Waals surface area contributed by atoms with Crippen LogP contribution in [0.3, 0.4) is 0 Å². The Morgan fingerprint density at radius 1 is 1.26 bits per heavy atom. The van der Waals surface area contributed by atoms with E-state index in [9.17, 15) is 4.79 Å². The molecule has 0 saturated carbocycles. The highest BCUT2D eigenvalue weighted by Gasteiger charge is 2.11. The van der Waals surface area contributed by atoms with Gasteiger partial charge in [-0.1, -0.05) is 37.6 Å². The smallest absolute Gasteiger partial charge is 0.255 e. The van der Waals surface area contributed by atoms with Gasteiger partial charge in [-0.15, -0.1) is 0 Å². The van der Waals surface area contributed by atoms with Crippen molar-refractivity contribution >= 4 is 39.1 Å². The predicted molar refractivity (Wildman–Crippen MR) is 98.5 cm³/mol. The molecule has 122 valence electrons. The number of carbonyl (C=O) groups is 1. The summed E-state index contributed by atoms with van der Waals surface area (Å²) < 4.78 is 6.48. The molecule has 0 aliphatic rings. The van der Waals surface area contributed by atoms with Gasteiger partial charge in [0.15, 0.2) is 0 Å². The molecule has 5 heteroatoms. The van der Waals surface area contributed by atoms with Gasteiger partial charge in [0.1, 0.15) is 5.75 Å². The number of para-hydroxylation sites is 1. The fourth-order valence-corrected chi connectivity index (χ4v) is 2.60. The zero-order chi connectivity index (χ0) is 16.8. The predicted octanol–water partition coefficient (Wildman–Crippen LogP) is 5.78. The van der Waals surface area contributed by atoms with E-state index < -0.39 is 0 Å². The minimum absolute atomic E-state index is 0.215. The monoisotopic (exact) mass is 395 g/mol. The Hall–Kier alpha value is -1.52. The van der Waals surface area contributed by atoms with Gasteiger partial charge in [0, 0.05) is 5.56 Å². The van der Waals surface area contributed by atoms with Crippen molar-refractivity contribution in [2.24, 2.45) is 5.92 Å². The van der Waals surface area contributed by atoms with Crippen LogP contribution in [0.5, 0.6) is 5.75 Å². The zero-order valence-electron chi connectivity index (χ0n) is 13.1. The Kier molecular flexibility index (Phi) is 6.48. The number of nitrogens with one attached hydrogen (secondary N) is 1. The molecule has 0 aliphatic heterocycles. The van der Waals surface area contributed by atoms with Gasteiger partial charge in [0.05, 0.1) is 21.8 Å². The zero-order valence-corrected chi connectivity index (χ0v) is 15.4. The molecular weight excluding hydrogens is 378 g/mol. The standard InChI is InChI=1S/C18H19BrClNO2/c1-12(2)9-10-23-17-8-7-13(11-14(17)19)18(22)21-16-6-4-3-5-15(16)20/h3-8,11-12H,9-10H2,1-2H3,(H,21,22). The van der Waals surface area contributed by atoms with Crippen LogP contribution in [0, 0.1) is 5.92 Å². The average molecular weight is 397 g/mol. The van der Waals surface area contributed by atoms with Crippen LogP contribution in [0.15, 0.2) is 46.9 Å². The number of rotatable bonds is 6. The maximum Gasteiger partial charge on any atom is 0.255 e. The topological polar surface area (TPSA) is 38.3 Å². The lowest BCUT2D eigenvalue weighted by molar-refractivity contribution is 0.102. The van der Waals surface area contributed by atoms with Gasteiger partial charge < -0.3 is 10.1 Å². The summed E-state index contributed by atoms with van der Waals surface area (Å²) in [6, 6.07) is 12.4. The summed E-state index contributed by atoms with van der Waals surface area (Å²) >= 11 is 9.50. The van der Waals surface area contributed by atoms with Gasteiger partial charge >= 0.3 is 0 Å². The highest BCUT2D eigenvalue weighted by atomic mass is 79.9. The van der Waals surface area contributed by atoms with Crippen LogP contribution >= 0.6 is 27.5 Å². The minimum atomic E-state index is -0.215. The summed E-state index contributed by atoms with van der Waals surface area (Å²) in [5.41, 5.74) is 1.13. The third-order valence-corrected chi connectivity index (χ3v) is 4.22. The SMILES string of the molecule is CC(C)CCOc1ccc(C(=O)Nc2ccccc2Cl)cc1Br. The largest absolute Gasteiger partial charge is 0.492 e. The molecule has 2 aromatic rings. The van der Waals surface area contributed by atoms with E-state index in [0.717, 1.165) is 16.6 Å². The van der Waals surface area contributed by atoms with Crippen molar-refractivity contribution < 1.29 is 9.53 Å². The Morgan fingerprint density at radius 3 is 2.65 bits per heavy atom. The molecular formula is C18H19BrClNO2. The molecule has 0 saturated heterocycles. The van der Waals surface area contributed by atoms with Crippen LogP contribution in [0.1, 0.15) is 30.6 Å². The maximum atomic E-state index is 12.3. The van der Waals surface area contributed by atoms with Gasteiger partial charge in [-0.25, -0.2) is 0 Å². The Balaban J connectivity index is 2.04. The highest BCUT2D eigenvalue weighted by molar-refractivity contribution is 9.10. The third kappa shape index (κ3) is 5.26. The van der Waals surface area contributed by atoms with Crippen LogP contribution in [0.25, 0.3) is 0 Å². The van der Waals surface area contributed by atoms with E-state index in [1.807, 2.05) is 12.1 Å². The quantitative estimate of drug-likeness (QED) is 0.672. The summed E-state index contributed by atoms with van der Waals surface area (Å²) in [4.78, 5) is 12.3. The van der Waals surface area contributed by atoms with Crippen molar-refractivity contribution in [3.8, 4) is 5.75 Å². The first kappa shape index (κ1) is 17.8. The fraction of sp³-hybridized carbons (Fsp3) is 0.278. The lowest BCUT2D eigenvalue weighted by atomic mass is 10.1. The van der Waals surface area contributed by atoms with Crippen molar-refractivity contribution in [3.63, 3.8) is 0 Å². The maximum absolute atomic E-state index is 12.3. The summed E-state index contributed by atoms with van der Waals surface area (Å²) in [6.45, 7) is 4.96. The van der Waals surface area contributed by atoms with Crippen molar-refractivity contribution in [2.45, 2.75) is 20.3 Å². The van der Waals surface area contributed by atoms with E-state index >= 15 is 0 Å². The van der Waals surface area contributed by atoms with E-state index in [-0.39, 0.29) is 5.91 Å². The Labute approximate surface area is 150 Å². The van der Waals surface area contributed by atoms with Crippen molar-refractivity contribution in [1.29, 1.82) is 0 Å². The Bertz CT molecular complexity index is 688. The fourth-order valence-electron chi connectivity index (χ4n) is 1.92. The molecule has 2 rings (SSSR count). The molecule has 1 amide bonds. The molecule has 1 N–H and O–H groups in total. The first-order valence-corrected chi connectivity index (χ1v) is 8.62. The lowest BCUT2D eigenvalue weighted by Gasteiger charge is -2.11. The number of halogens is 2. The molecule has 0 aromatic heterocycles. The van der Waals surface area contributed by atoms with Crippen molar-refractivity contribution in [2.75, 3.05) is 11.9 Å². The molecule has 23 heavy (non-hydrogen) atoms. The first-order valence-electron chi connectivity index (χ1n) is 7.45. The van der Waals surface area contributed by atoms with Crippen LogP contribution < -0.4 is 10.1 Å². The van der Waals surface area contributed by atoms with Gasteiger partial charge in [0.25, 0.3) is 5.91 Å². The Morgan fingerprint density at radius 2 is 2.00 bits per heavy atom. The second kappa shape index (κ2) is 8.37. The molecule has 0 atom stereocenters. The minimum Gasteiger partial charge on any atom is -0.492 e. The molecule has 0 unspecified atom stereocenters. The van der Waals surface area contributed by atoms with Crippen molar-refractivity contribution in [1.82, 2.24) is 0 Å². The number of amides is 1. The number of benzene rings is 2. The molecule has 0 radical (unpaired) electrons. The van der Waals surface area contributed by atoms with Gasteiger partial charge in [-0.2, -0.15) is 0 Å². The highest BCUT2D eigenvalue weighted by Crippen LogP contribution is 2.27. The van der Waals surface area contributed by atoms with Gasteiger partial charge in [0.2, 0.25) is 0 Å². The van der Waals surface area contributed by atoms with E-state index in [1.54, 1.807) is 30.3 Å². The number of anilines is 1. The number of carbonyl (C=O) groups excluding carboxylic acids is 1. The average Bonchev–Trinajstić information content (AvgIpc) is 2.50. The first-order chi connectivity index (χ1) is 11.0. The van der Waals surface area contributed by atoms with E-state index in [4.69, 9.17) is 16.3 Å². The third-order valence-electron chi connectivity index (χ3n) is 3.27. The van der Waals surface area contributed by atoms with E-state index in [0.29, 0.717) is 28.8 Å². The molecule has 2 aromatic carbocycles.